The molecule has 4 atom stereocenters. The van der Waals surface area contributed by atoms with Crippen molar-refractivity contribution in [3.63, 3.8) is 0 Å². The fourth-order valence-electron chi connectivity index (χ4n) is 2.51. The summed E-state index contributed by atoms with van der Waals surface area (Å²) in [4.78, 5) is 12.8. The third kappa shape index (κ3) is 1.29. The summed E-state index contributed by atoms with van der Waals surface area (Å²) in [6.07, 6.45) is -3.21. The summed E-state index contributed by atoms with van der Waals surface area (Å²) in [7, 11) is 0. The molecule has 0 spiro atoms. The second-order valence-corrected chi connectivity index (χ2v) is 4.27. The quantitative estimate of drug-likeness (QED) is 0.387. The monoisotopic (exact) mass is 217 g/mol. The summed E-state index contributed by atoms with van der Waals surface area (Å²) in [6, 6.07) is 0. The Morgan fingerprint density at radius 2 is 2.07 bits per heavy atom. The molecule has 2 aliphatic heterocycles. The largest absolute Gasteiger partial charge is 0.394 e. The number of amides is 1. The zero-order valence-corrected chi connectivity index (χ0v) is 8.20. The van der Waals surface area contributed by atoms with Gasteiger partial charge in [0.1, 0.15) is 18.3 Å². The number of β-amino-alcohol motifs (C(OH)–C–C–N with tert-alkyl or cyclic N) is 1. The number of carbonyl (C=O) groups is 1. The summed E-state index contributed by atoms with van der Waals surface area (Å²) in [5, 5.41) is 38.1. The number of hydrogen-bond acceptors (Lipinski definition) is 5. The smallest absolute Gasteiger partial charge is 0.223 e. The Morgan fingerprint density at radius 3 is 2.67 bits per heavy atom. The molecule has 0 saturated carbocycles. The normalized spacial score (nSPS) is 45.7. The van der Waals surface area contributed by atoms with Crippen molar-refractivity contribution in [1.29, 1.82) is 0 Å². The maximum Gasteiger partial charge on any atom is 0.223 e. The molecule has 2 heterocycles. The van der Waals surface area contributed by atoms with Crippen LogP contribution in [0, 0.1) is 0 Å². The van der Waals surface area contributed by atoms with Gasteiger partial charge in [-0.15, -0.1) is 0 Å². The van der Waals surface area contributed by atoms with Gasteiger partial charge >= 0.3 is 0 Å². The van der Waals surface area contributed by atoms with Gasteiger partial charge in [0.2, 0.25) is 5.91 Å². The van der Waals surface area contributed by atoms with Crippen molar-refractivity contribution in [3.05, 3.63) is 0 Å². The maximum absolute atomic E-state index is 11.5. The van der Waals surface area contributed by atoms with E-state index in [0.717, 1.165) is 0 Å². The minimum absolute atomic E-state index is 0.0301. The van der Waals surface area contributed by atoms with Crippen LogP contribution < -0.4 is 0 Å². The van der Waals surface area contributed by atoms with Crippen molar-refractivity contribution in [2.75, 3.05) is 13.2 Å². The lowest BCUT2D eigenvalue weighted by Gasteiger charge is -2.48. The first kappa shape index (κ1) is 10.8. The molecule has 2 fully saturated rings. The fourth-order valence-corrected chi connectivity index (χ4v) is 2.51. The molecule has 0 aromatic carbocycles. The number of aliphatic hydroxyl groups excluding tert-OH is 4. The zero-order valence-electron chi connectivity index (χ0n) is 8.20. The van der Waals surface area contributed by atoms with Crippen LogP contribution in [0.1, 0.15) is 12.8 Å². The summed E-state index contributed by atoms with van der Waals surface area (Å²) in [5.74, 6) is -0.200. The maximum atomic E-state index is 11.5. The van der Waals surface area contributed by atoms with Crippen molar-refractivity contribution < 1.29 is 25.2 Å². The summed E-state index contributed by atoms with van der Waals surface area (Å²) in [6.45, 7) is -0.429. The van der Waals surface area contributed by atoms with Gasteiger partial charge in [0, 0.05) is 13.0 Å². The van der Waals surface area contributed by atoms with Gasteiger partial charge in [0.25, 0.3) is 0 Å². The number of carbonyl (C=O) groups excluding carboxylic acids is 1. The molecule has 6 nitrogen and oxygen atoms in total. The molecule has 2 rings (SSSR count). The number of rotatable bonds is 1. The average molecular weight is 217 g/mol. The molecule has 0 bridgehead atoms. The molecule has 6 heteroatoms. The molecular weight excluding hydrogens is 202 g/mol. The van der Waals surface area contributed by atoms with Crippen LogP contribution in [0.15, 0.2) is 0 Å². The van der Waals surface area contributed by atoms with Crippen LogP contribution >= 0.6 is 0 Å². The molecule has 86 valence electrons. The average Bonchev–Trinajstić information content (AvgIpc) is 2.55. The molecule has 2 saturated heterocycles. The Morgan fingerprint density at radius 1 is 1.40 bits per heavy atom. The van der Waals surface area contributed by atoms with E-state index < -0.39 is 30.5 Å². The molecule has 0 radical (unpaired) electrons. The first-order valence-electron chi connectivity index (χ1n) is 4.98. The Kier molecular flexibility index (Phi) is 2.46. The lowest BCUT2D eigenvalue weighted by atomic mass is 9.81. The van der Waals surface area contributed by atoms with Crippen molar-refractivity contribution in [3.8, 4) is 0 Å². The zero-order chi connectivity index (χ0) is 11.2. The van der Waals surface area contributed by atoms with Crippen molar-refractivity contribution in [2.24, 2.45) is 0 Å². The first-order chi connectivity index (χ1) is 7.03. The molecular formula is C9H15NO5. The van der Waals surface area contributed by atoms with Gasteiger partial charge < -0.3 is 25.3 Å². The standard InChI is InChI=1S/C9H15NO5/c11-4-9-2-1-6(13)10(9)3-5(12)7(14)8(9)15/h5,7-8,11-12,14-15H,1-4H2/t5-,7+,8-,9+/m0/s1. The van der Waals surface area contributed by atoms with Gasteiger partial charge in [-0.2, -0.15) is 0 Å². The Bertz CT molecular complexity index is 284. The van der Waals surface area contributed by atoms with Crippen LogP contribution in [-0.4, -0.2) is 68.2 Å². The summed E-state index contributed by atoms with van der Waals surface area (Å²) in [5.41, 5.74) is -1.10. The van der Waals surface area contributed by atoms with Crippen LogP contribution in [0.2, 0.25) is 0 Å². The van der Waals surface area contributed by atoms with Gasteiger partial charge in [0.05, 0.1) is 12.1 Å². The van der Waals surface area contributed by atoms with E-state index in [1.54, 1.807) is 0 Å². The SMILES string of the molecule is O=C1CC[C@@]2(CO)[C@@H](O)[C@H](O)[C@@H](O)CN12. The van der Waals surface area contributed by atoms with E-state index in [1.807, 2.05) is 0 Å². The van der Waals surface area contributed by atoms with E-state index in [2.05, 4.69) is 0 Å². The predicted octanol–water partition coefficient (Wildman–Crippen LogP) is -2.56. The van der Waals surface area contributed by atoms with Crippen LogP contribution in [0.25, 0.3) is 0 Å². The van der Waals surface area contributed by atoms with E-state index in [0.29, 0.717) is 6.42 Å². The highest BCUT2D eigenvalue weighted by Crippen LogP contribution is 2.38. The third-order valence-electron chi connectivity index (χ3n) is 3.52. The number of aliphatic hydroxyl groups is 4. The molecule has 4 N–H and O–H groups in total. The minimum atomic E-state index is -1.31. The molecule has 0 aromatic rings. The van der Waals surface area contributed by atoms with E-state index in [4.69, 9.17) is 0 Å². The number of hydrogen-bond donors (Lipinski definition) is 4. The minimum Gasteiger partial charge on any atom is -0.394 e. The van der Waals surface area contributed by atoms with E-state index in [-0.39, 0.29) is 18.9 Å². The first-order valence-corrected chi connectivity index (χ1v) is 4.98. The number of piperidine rings is 1. The fraction of sp³-hybridized carbons (Fsp3) is 0.889. The summed E-state index contributed by atoms with van der Waals surface area (Å²) < 4.78 is 0. The molecule has 15 heavy (non-hydrogen) atoms. The second kappa shape index (κ2) is 3.41. The van der Waals surface area contributed by atoms with Gasteiger partial charge in [0.15, 0.2) is 0 Å². The second-order valence-electron chi connectivity index (χ2n) is 4.27. The summed E-state index contributed by atoms with van der Waals surface area (Å²) >= 11 is 0. The lowest BCUT2D eigenvalue weighted by molar-refractivity contribution is -0.182. The van der Waals surface area contributed by atoms with Crippen molar-refractivity contribution in [1.82, 2.24) is 4.90 Å². The van der Waals surface area contributed by atoms with Gasteiger partial charge in [-0.3, -0.25) is 4.79 Å². The van der Waals surface area contributed by atoms with Crippen LogP contribution in [0.4, 0.5) is 0 Å². The highest BCUT2D eigenvalue weighted by atomic mass is 16.4. The topological polar surface area (TPSA) is 101 Å². The third-order valence-corrected chi connectivity index (χ3v) is 3.52. The molecule has 0 unspecified atom stereocenters. The predicted molar refractivity (Wildman–Crippen MR) is 48.8 cm³/mol. The Hall–Kier alpha value is -0.690. The molecule has 0 aliphatic carbocycles. The van der Waals surface area contributed by atoms with Crippen LogP contribution in [0.3, 0.4) is 0 Å². The Labute approximate surface area is 86.7 Å². The lowest BCUT2D eigenvalue weighted by Crippen LogP contribution is -2.69. The highest BCUT2D eigenvalue weighted by molar-refractivity contribution is 5.80. The number of nitrogens with zero attached hydrogens (tertiary/aromatic N) is 1. The molecule has 1 amide bonds. The molecule has 2 aliphatic rings. The Balaban J connectivity index is 2.34. The van der Waals surface area contributed by atoms with E-state index >= 15 is 0 Å². The highest BCUT2D eigenvalue weighted by Gasteiger charge is 2.57. The van der Waals surface area contributed by atoms with Gasteiger partial charge in [-0.05, 0) is 6.42 Å². The van der Waals surface area contributed by atoms with Gasteiger partial charge in [-0.1, -0.05) is 0 Å². The van der Waals surface area contributed by atoms with E-state index in [9.17, 15) is 25.2 Å². The van der Waals surface area contributed by atoms with Crippen molar-refractivity contribution in [2.45, 2.75) is 36.7 Å². The van der Waals surface area contributed by atoms with Crippen molar-refractivity contribution >= 4 is 5.91 Å². The van der Waals surface area contributed by atoms with Gasteiger partial charge in [-0.25, -0.2) is 0 Å². The van der Waals surface area contributed by atoms with Crippen LogP contribution in [-0.2, 0) is 4.79 Å². The van der Waals surface area contributed by atoms with Crippen LogP contribution in [0.5, 0.6) is 0 Å². The molecule has 0 aromatic heterocycles. The van der Waals surface area contributed by atoms with E-state index in [1.165, 1.54) is 4.90 Å². The number of fused-ring (bicyclic) bond motifs is 1.